The van der Waals surface area contributed by atoms with Crippen molar-refractivity contribution < 1.29 is 8.83 Å². The Balaban J connectivity index is 1.05. The highest BCUT2D eigenvalue weighted by molar-refractivity contribution is 6.09. The molecule has 0 N–H and O–H groups in total. The summed E-state index contributed by atoms with van der Waals surface area (Å²) in [7, 11) is 0. The summed E-state index contributed by atoms with van der Waals surface area (Å²) < 4.78 is 12.5. The molecule has 0 aliphatic rings. The van der Waals surface area contributed by atoms with E-state index < -0.39 is 0 Å². The number of allylic oxidation sites excluding steroid dienone is 5. The van der Waals surface area contributed by atoms with Gasteiger partial charge in [0, 0.05) is 44.4 Å². The summed E-state index contributed by atoms with van der Waals surface area (Å²) in [5.74, 6) is 0. The number of anilines is 2. The second kappa shape index (κ2) is 15.8. The van der Waals surface area contributed by atoms with Crippen LogP contribution in [0.15, 0.2) is 222 Å². The Labute approximate surface area is 333 Å². The summed E-state index contributed by atoms with van der Waals surface area (Å²) in [6.07, 6.45) is 14.9. The number of nitrogens with zero attached hydrogens (tertiary/aromatic N) is 1. The van der Waals surface area contributed by atoms with E-state index >= 15 is 0 Å². The number of fused-ring (bicyclic) bond motifs is 4. The molecule has 0 saturated carbocycles. The number of rotatable bonds is 11. The Bertz CT molecular complexity index is 2920. The number of hydrogen-bond acceptors (Lipinski definition) is 3. The predicted octanol–water partition coefficient (Wildman–Crippen LogP) is 15.4. The van der Waals surface area contributed by atoms with Crippen LogP contribution in [-0.2, 0) is 6.42 Å². The number of hydrogen-bond donors (Lipinski definition) is 0. The Morgan fingerprint density at radius 2 is 1.18 bits per heavy atom. The van der Waals surface area contributed by atoms with Crippen molar-refractivity contribution in [3.63, 3.8) is 0 Å². The van der Waals surface area contributed by atoms with E-state index in [0.29, 0.717) is 0 Å². The van der Waals surface area contributed by atoms with E-state index in [1.165, 1.54) is 22.3 Å². The molecule has 2 heterocycles. The van der Waals surface area contributed by atoms with E-state index in [0.717, 1.165) is 78.7 Å². The molecule has 9 rings (SSSR count). The van der Waals surface area contributed by atoms with Gasteiger partial charge in [-0.3, -0.25) is 0 Å². The molecule has 0 fully saturated rings. The number of benzene rings is 7. The second-order valence-electron chi connectivity index (χ2n) is 14.1. The maximum absolute atomic E-state index is 6.40. The van der Waals surface area contributed by atoms with Gasteiger partial charge in [-0.05, 0) is 83.1 Å². The van der Waals surface area contributed by atoms with Gasteiger partial charge in [-0.2, -0.15) is 0 Å². The Morgan fingerprint density at radius 1 is 0.579 bits per heavy atom. The summed E-state index contributed by atoms with van der Waals surface area (Å²) in [5, 5.41) is 3.35. The van der Waals surface area contributed by atoms with Crippen molar-refractivity contribution >= 4 is 50.4 Å². The third-order valence-corrected chi connectivity index (χ3v) is 10.6. The lowest BCUT2D eigenvalue weighted by atomic mass is 10.00. The minimum atomic E-state index is 0.721. The largest absolute Gasteiger partial charge is 0.463 e. The van der Waals surface area contributed by atoms with Crippen LogP contribution < -0.4 is 4.90 Å². The van der Waals surface area contributed by atoms with Crippen molar-refractivity contribution in [2.75, 3.05) is 4.90 Å². The maximum Gasteiger partial charge on any atom is 0.143 e. The average molecular weight is 736 g/mol. The molecule has 57 heavy (non-hydrogen) atoms. The lowest BCUT2D eigenvalue weighted by Crippen LogP contribution is -2.15. The zero-order valence-electron chi connectivity index (χ0n) is 31.8. The van der Waals surface area contributed by atoms with Gasteiger partial charge in [0.15, 0.2) is 0 Å². The molecule has 0 saturated heterocycles. The molecule has 9 aromatic rings. The third-order valence-electron chi connectivity index (χ3n) is 10.6. The molecule has 274 valence electrons. The van der Waals surface area contributed by atoms with Crippen LogP contribution in [0.2, 0.25) is 0 Å². The van der Waals surface area contributed by atoms with Gasteiger partial charge in [0.2, 0.25) is 0 Å². The molecule has 7 aromatic carbocycles. The molecular weight excluding hydrogens is 695 g/mol. The standard InChI is InChI=1S/C54H41NO2/c1-3-5-14-44-37-56-53-43(18-12-21-49(44)53)17-11-19-45(4-2)55(46-33-29-41(30-34-46)40-27-25-39(26-28-40)38-15-7-6-8-16-38)47-35-31-42(32-36-47)48-22-13-23-51-50-20-9-10-24-52(50)57-54(48)51/h3-16,18-37H,1,17H2,2H3/b14-5-,19-11-,45-4+. The Morgan fingerprint density at radius 3 is 1.88 bits per heavy atom. The van der Waals surface area contributed by atoms with E-state index in [9.17, 15) is 0 Å². The van der Waals surface area contributed by atoms with Crippen LogP contribution in [0.3, 0.4) is 0 Å². The van der Waals surface area contributed by atoms with Gasteiger partial charge in [-0.1, -0.05) is 170 Å². The lowest BCUT2D eigenvalue weighted by molar-refractivity contribution is 0.611. The fourth-order valence-electron chi connectivity index (χ4n) is 7.71. The fourth-order valence-corrected chi connectivity index (χ4v) is 7.71. The summed E-state index contributed by atoms with van der Waals surface area (Å²) in [5.41, 5.74) is 15.0. The second-order valence-corrected chi connectivity index (χ2v) is 14.1. The van der Waals surface area contributed by atoms with E-state index in [1.807, 2.05) is 30.5 Å². The van der Waals surface area contributed by atoms with Crippen molar-refractivity contribution in [1.82, 2.24) is 0 Å². The topological polar surface area (TPSA) is 29.5 Å². The summed E-state index contributed by atoms with van der Waals surface area (Å²) >= 11 is 0. The predicted molar refractivity (Wildman–Crippen MR) is 241 cm³/mol. The van der Waals surface area contributed by atoms with Crippen molar-refractivity contribution in [3.05, 3.63) is 224 Å². The van der Waals surface area contributed by atoms with Crippen molar-refractivity contribution in [2.24, 2.45) is 0 Å². The van der Waals surface area contributed by atoms with Gasteiger partial charge in [-0.25, -0.2) is 0 Å². The molecule has 0 unspecified atom stereocenters. The van der Waals surface area contributed by atoms with Crippen LogP contribution in [0.1, 0.15) is 18.1 Å². The first kappa shape index (κ1) is 35.3. The highest BCUT2D eigenvalue weighted by atomic mass is 16.3. The first-order valence-corrected chi connectivity index (χ1v) is 19.4. The minimum Gasteiger partial charge on any atom is -0.463 e. The molecule has 0 atom stereocenters. The third kappa shape index (κ3) is 7.03. The molecule has 0 aliphatic carbocycles. The Kier molecular flexibility index (Phi) is 9.79. The van der Waals surface area contributed by atoms with Crippen LogP contribution in [-0.4, -0.2) is 0 Å². The first-order valence-electron chi connectivity index (χ1n) is 19.4. The molecule has 0 radical (unpaired) electrons. The molecule has 3 nitrogen and oxygen atoms in total. The van der Waals surface area contributed by atoms with Gasteiger partial charge in [0.05, 0.1) is 6.26 Å². The fraction of sp³-hybridized carbons (Fsp3) is 0.0370. The molecular formula is C54H41NO2. The molecule has 0 spiro atoms. The van der Waals surface area contributed by atoms with Gasteiger partial charge < -0.3 is 13.7 Å². The molecule has 0 amide bonds. The average Bonchev–Trinajstić information content (AvgIpc) is 3.88. The number of para-hydroxylation sites is 3. The van der Waals surface area contributed by atoms with Gasteiger partial charge >= 0.3 is 0 Å². The van der Waals surface area contributed by atoms with Gasteiger partial charge in [-0.15, -0.1) is 0 Å². The van der Waals surface area contributed by atoms with Crippen LogP contribution in [0, 0.1) is 0 Å². The molecule has 0 aliphatic heterocycles. The van der Waals surface area contributed by atoms with Crippen LogP contribution in [0.5, 0.6) is 0 Å². The maximum atomic E-state index is 6.40. The lowest BCUT2D eigenvalue weighted by Gasteiger charge is -2.27. The highest BCUT2D eigenvalue weighted by Crippen LogP contribution is 2.38. The van der Waals surface area contributed by atoms with Crippen molar-refractivity contribution in [1.29, 1.82) is 0 Å². The van der Waals surface area contributed by atoms with Crippen LogP contribution in [0.4, 0.5) is 11.4 Å². The summed E-state index contributed by atoms with van der Waals surface area (Å²) in [4.78, 5) is 2.32. The number of furan rings is 2. The summed E-state index contributed by atoms with van der Waals surface area (Å²) in [6.45, 7) is 5.90. The van der Waals surface area contributed by atoms with E-state index in [4.69, 9.17) is 8.83 Å². The van der Waals surface area contributed by atoms with Crippen molar-refractivity contribution in [2.45, 2.75) is 13.3 Å². The SMILES string of the molecule is C=C/C=C\c1coc2c(C/C=C\C(=C/C)N(c3ccc(-c4ccc(-c5ccccc5)cc4)cc3)c3ccc(-c4cccc5c4oc4ccccc45)cc3)cccc12. The first-order chi connectivity index (χ1) is 28.2. The molecule has 0 bridgehead atoms. The van der Waals surface area contributed by atoms with E-state index in [-0.39, 0.29) is 0 Å². The zero-order chi connectivity index (χ0) is 38.6. The minimum absolute atomic E-state index is 0.721. The monoisotopic (exact) mass is 735 g/mol. The van der Waals surface area contributed by atoms with Gasteiger partial charge in [0.25, 0.3) is 0 Å². The van der Waals surface area contributed by atoms with E-state index in [1.54, 1.807) is 6.08 Å². The molecule has 2 aromatic heterocycles. The smallest absolute Gasteiger partial charge is 0.143 e. The normalized spacial score (nSPS) is 12.1. The van der Waals surface area contributed by atoms with Crippen LogP contribution in [0.25, 0.3) is 72.4 Å². The summed E-state index contributed by atoms with van der Waals surface area (Å²) in [6, 6.07) is 57.9. The van der Waals surface area contributed by atoms with E-state index in [2.05, 4.69) is 188 Å². The highest BCUT2D eigenvalue weighted by Gasteiger charge is 2.16. The zero-order valence-corrected chi connectivity index (χ0v) is 31.8. The van der Waals surface area contributed by atoms with Gasteiger partial charge in [0.1, 0.15) is 16.7 Å². The molecule has 3 heteroatoms. The quantitative estimate of drug-likeness (QED) is 0.124. The van der Waals surface area contributed by atoms with Crippen molar-refractivity contribution in [3.8, 4) is 33.4 Å². The Hall–Kier alpha value is -7.36. The van der Waals surface area contributed by atoms with Crippen LogP contribution >= 0.6 is 0 Å².